The number of carbonyl (C=O) groups is 1. The number of carbonyl (C=O) groups excluding carboxylic acids is 1. The quantitative estimate of drug-likeness (QED) is 0.633. The Labute approximate surface area is 160 Å². The normalized spacial score (nSPS) is 12.0. The van der Waals surface area contributed by atoms with Crippen molar-refractivity contribution >= 4 is 28.5 Å². The lowest BCUT2D eigenvalue weighted by molar-refractivity contribution is 0.0939. The van der Waals surface area contributed by atoms with Crippen LogP contribution in [-0.2, 0) is 0 Å². The van der Waals surface area contributed by atoms with Gasteiger partial charge in [-0.2, -0.15) is 0 Å². The first-order valence-electron chi connectivity index (χ1n) is 8.32. The van der Waals surface area contributed by atoms with E-state index in [1.54, 1.807) is 42.5 Å². The fourth-order valence-corrected chi connectivity index (χ4v) is 2.93. The Hall–Kier alpha value is -2.83. The zero-order valence-electron chi connectivity index (χ0n) is 14.6. The second-order valence-corrected chi connectivity index (χ2v) is 6.38. The maximum atomic E-state index is 12.3. The summed E-state index contributed by atoms with van der Waals surface area (Å²) in [5.41, 5.74) is 0.0971. The van der Waals surface area contributed by atoms with Crippen LogP contribution < -0.4 is 15.7 Å². The van der Waals surface area contributed by atoms with E-state index < -0.39 is 17.6 Å². The largest absolute Gasteiger partial charge is 0.493 e. The van der Waals surface area contributed by atoms with Gasteiger partial charge in [-0.3, -0.25) is 4.79 Å². The number of rotatable bonds is 6. The van der Waals surface area contributed by atoms with Crippen LogP contribution in [0.2, 0.25) is 5.02 Å². The van der Waals surface area contributed by atoms with Crippen LogP contribution >= 0.6 is 11.6 Å². The Balaban J connectivity index is 1.69. The molecule has 6 nitrogen and oxygen atoms in total. The van der Waals surface area contributed by atoms with Gasteiger partial charge in [-0.15, -0.1) is 0 Å². The molecule has 3 rings (SSSR count). The molecule has 1 atom stereocenters. The van der Waals surface area contributed by atoms with E-state index >= 15 is 0 Å². The van der Waals surface area contributed by atoms with Crippen molar-refractivity contribution in [3.05, 3.63) is 75.1 Å². The Morgan fingerprint density at radius 3 is 2.78 bits per heavy atom. The fraction of sp³-hybridized carbons (Fsp3) is 0.200. The smallest absolute Gasteiger partial charge is 0.349 e. The number of hydrogen-bond donors (Lipinski definition) is 2. The summed E-state index contributed by atoms with van der Waals surface area (Å²) < 4.78 is 10.4. The van der Waals surface area contributed by atoms with Crippen LogP contribution in [0, 0.1) is 0 Å². The third kappa shape index (κ3) is 4.30. The van der Waals surface area contributed by atoms with Crippen molar-refractivity contribution in [3.63, 3.8) is 0 Å². The fourth-order valence-electron chi connectivity index (χ4n) is 2.73. The third-order valence-electron chi connectivity index (χ3n) is 4.13. The second-order valence-electron chi connectivity index (χ2n) is 5.94. The van der Waals surface area contributed by atoms with Crippen molar-refractivity contribution in [2.75, 3.05) is 13.7 Å². The molecule has 0 aliphatic heterocycles. The molecule has 0 fully saturated rings. The maximum Gasteiger partial charge on any atom is 0.349 e. The van der Waals surface area contributed by atoms with Crippen LogP contribution in [0.4, 0.5) is 0 Å². The molecule has 2 N–H and O–H groups in total. The van der Waals surface area contributed by atoms with E-state index in [-0.39, 0.29) is 24.1 Å². The highest BCUT2D eigenvalue weighted by molar-refractivity contribution is 6.30. The number of ether oxygens (including phenoxy) is 1. The van der Waals surface area contributed by atoms with E-state index in [0.29, 0.717) is 21.7 Å². The summed E-state index contributed by atoms with van der Waals surface area (Å²) in [5.74, 6) is -0.145. The Kier molecular flexibility index (Phi) is 5.78. The van der Waals surface area contributed by atoms with Crippen LogP contribution in [0.3, 0.4) is 0 Å². The van der Waals surface area contributed by atoms with E-state index in [2.05, 4.69) is 5.32 Å². The summed E-state index contributed by atoms with van der Waals surface area (Å²) >= 11 is 5.91. The molecule has 2 aromatic carbocycles. The average molecular weight is 388 g/mol. The number of halogens is 1. The van der Waals surface area contributed by atoms with Crippen molar-refractivity contribution in [1.82, 2.24) is 5.32 Å². The van der Waals surface area contributed by atoms with E-state index in [1.165, 1.54) is 13.2 Å². The number of nitrogens with one attached hydrogen (secondary N) is 1. The van der Waals surface area contributed by atoms with Crippen molar-refractivity contribution < 1.29 is 19.1 Å². The molecule has 140 valence electrons. The lowest BCUT2D eigenvalue weighted by atomic mass is 10.1. The highest BCUT2D eigenvalue weighted by Gasteiger charge is 2.16. The van der Waals surface area contributed by atoms with Crippen LogP contribution in [0.1, 0.15) is 28.4 Å². The van der Waals surface area contributed by atoms with E-state index in [9.17, 15) is 14.7 Å². The molecule has 0 bridgehead atoms. The van der Waals surface area contributed by atoms with E-state index in [4.69, 9.17) is 20.8 Å². The average Bonchev–Trinajstić information content (AvgIpc) is 2.66. The lowest BCUT2D eigenvalue weighted by Gasteiger charge is -2.12. The molecule has 0 spiro atoms. The van der Waals surface area contributed by atoms with Crippen LogP contribution in [0.5, 0.6) is 5.75 Å². The predicted molar refractivity (Wildman–Crippen MR) is 102 cm³/mol. The van der Waals surface area contributed by atoms with Gasteiger partial charge in [-0.25, -0.2) is 4.79 Å². The van der Waals surface area contributed by atoms with Crippen molar-refractivity contribution in [2.24, 2.45) is 0 Å². The van der Waals surface area contributed by atoms with Crippen LogP contribution in [-0.4, -0.2) is 24.7 Å². The molecule has 7 heteroatoms. The van der Waals surface area contributed by atoms with Gasteiger partial charge in [0.05, 0.1) is 13.2 Å². The molecule has 27 heavy (non-hydrogen) atoms. The molecule has 3 aromatic rings. The Bertz CT molecular complexity index is 1030. The van der Waals surface area contributed by atoms with Crippen LogP contribution in [0.25, 0.3) is 11.0 Å². The molecule has 1 amide bonds. The van der Waals surface area contributed by atoms with E-state index in [1.807, 2.05) is 0 Å². The second kappa shape index (κ2) is 8.24. The highest BCUT2D eigenvalue weighted by Crippen LogP contribution is 2.24. The molecule has 0 saturated heterocycles. The molecule has 0 unspecified atom stereocenters. The topological polar surface area (TPSA) is 88.8 Å². The summed E-state index contributed by atoms with van der Waals surface area (Å²) in [6, 6.07) is 13.5. The number of aliphatic hydroxyl groups excluding tert-OH is 1. The molecule has 0 aliphatic carbocycles. The molecule has 0 radical (unpaired) electrons. The van der Waals surface area contributed by atoms with Gasteiger partial charge >= 0.3 is 5.63 Å². The summed E-state index contributed by atoms with van der Waals surface area (Å²) in [5, 5.41) is 13.9. The van der Waals surface area contributed by atoms with Gasteiger partial charge in [0.2, 0.25) is 0 Å². The lowest BCUT2D eigenvalue weighted by Crippen LogP contribution is -2.29. The van der Waals surface area contributed by atoms with Gasteiger partial charge in [0, 0.05) is 17.0 Å². The first-order chi connectivity index (χ1) is 13.0. The number of aliphatic hydroxyl groups is 1. The predicted octanol–water partition coefficient (Wildman–Crippen LogP) is 3.31. The van der Waals surface area contributed by atoms with Gasteiger partial charge in [0.1, 0.15) is 5.56 Å². The van der Waals surface area contributed by atoms with Crippen molar-refractivity contribution in [2.45, 2.75) is 12.5 Å². The van der Waals surface area contributed by atoms with Gasteiger partial charge in [0.15, 0.2) is 11.3 Å². The Morgan fingerprint density at radius 1 is 1.26 bits per heavy atom. The third-order valence-corrected chi connectivity index (χ3v) is 4.36. The van der Waals surface area contributed by atoms with Crippen molar-refractivity contribution in [1.29, 1.82) is 0 Å². The minimum atomic E-state index is -0.777. The first kappa shape index (κ1) is 18.9. The highest BCUT2D eigenvalue weighted by atomic mass is 35.5. The number of para-hydroxylation sites is 1. The summed E-state index contributed by atoms with van der Waals surface area (Å²) in [4.78, 5) is 24.5. The van der Waals surface area contributed by atoms with Gasteiger partial charge in [-0.05, 0) is 36.2 Å². The summed E-state index contributed by atoms with van der Waals surface area (Å²) in [7, 11) is 1.47. The molecular weight excluding hydrogens is 370 g/mol. The minimum absolute atomic E-state index is 0.104. The first-order valence-corrected chi connectivity index (χ1v) is 8.70. The molecule has 1 aromatic heterocycles. The van der Waals surface area contributed by atoms with Gasteiger partial charge < -0.3 is 19.6 Å². The SMILES string of the molecule is COc1cccc2cc(C(=O)NCC[C@@H](O)c3cccc(Cl)c3)c(=O)oc12. The maximum absolute atomic E-state index is 12.3. The standard InChI is InChI=1S/C20H18ClNO5/c1-26-17-7-3-5-13-11-15(20(25)27-18(13)17)19(24)22-9-8-16(23)12-4-2-6-14(21)10-12/h2-7,10-11,16,23H,8-9H2,1H3,(H,22,24)/t16-/m1/s1. The number of benzene rings is 2. The van der Waals surface area contributed by atoms with Crippen LogP contribution in [0.15, 0.2) is 57.7 Å². The molecule has 1 heterocycles. The summed E-state index contributed by atoms with van der Waals surface area (Å²) in [6.45, 7) is 0.183. The zero-order chi connectivity index (χ0) is 19.4. The van der Waals surface area contributed by atoms with Crippen molar-refractivity contribution in [3.8, 4) is 5.75 Å². The molecule has 0 saturated carbocycles. The zero-order valence-corrected chi connectivity index (χ0v) is 15.3. The molecular formula is C20H18ClNO5. The monoisotopic (exact) mass is 387 g/mol. The van der Waals surface area contributed by atoms with Gasteiger partial charge in [0.25, 0.3) is 5.91 Å². The number of amides is 1. The number of methoxy groups -OCH3 is 1. The summed E-state index contributed by atoms with van der Waals surface area (Å²) in [6.07, 6.45) is -0.500. The Morgan fingerprint density at radius 2 is 2.04 bits per heavy atom. The number of hydrogen-bond acceptors (Lipinski definition) is 5. The van der Waals surface area contributed by atoms with E-state index in [0.717, 1.165) is 0 Å². The molecule has 0 aliphatic rings. The van der Waals surface area contributed by atoms with Gasteiger partial charge in [-0.1, -0.05) is 35.9 Å². The minimum Gasteiger partial charge on any atom is -0.493 e. The number of fused-ring (bicyclic) bond motifs is 1.